The number of aromatic nitrogens is 2. The summed E-state index contributed by atoms with van der Waals surface area (Å²) in [5, 5.41) is 0.929. The predicted molar refractivity (Wildman–Crippen MR) is 81.0 cm³/mol. The summed E-state index contributed by atoms with van der Waals surface area (Å²) in [6.07, 6.45) is 2.33. The van der Waals surface area contributed by atoms with Crippen molar-refractivity contribution in [2.45, 2.75) is 19.4 Å². The molecule has 4 N–H and O–H groups in total. The summed E-state index contributed by atoms with van der Waals surface area (Å²) in [5.41, 5.74) is 12.7. The summed E-state index contributed by atoms with van der Waals surface area (Å²) >= 11 is 0. The summed E-state index contributed by atoms with van der Waals surface area (Å²) < 4.78 is 0. The van der Waals surface area contributed by atoms with E-state index in [1.54, 1.807) is 0 Å². The Morgan fingerprint density at radius 1 is 1.15 bits per heavy atom. The van der Waals surface area contributed by atoms with Crippen LogP contribution in [0, 0.1) is 5.92 Å². The molecule has 0 spiro atoms. The van der Waals surface area contributed by atoms with Gasteiger partial charge in [-0.15, -0.1) is 0 Å². The summed E-state index contributed by atoms with van der Waals surface area (Å²) in [4.78, 5) is 11.4. The van der Waals surface area contributed by atoms with E-state index >= 15 is 0 Å². The molecule has 2 heterocycles. The summed E-state index contributed by atoms with van der Waals surface area (Å²) in [5.74, 6) is 2.06. The van der Waals surface area contributed by atoms with Gasteiger partial charge < -0.3 is 11.5 Å². The summed E-state index contributed by atoms with van der Waals surface area (Å²) in [6, 6.07) is 7.88. The first-order chi connectivity index (χ1) is 9.76. The number of benzene rings is 1. The van der Waals surface area contributed by atoms with E-state index in [0.717, 1.165) is 42.9 Å². The largest absolute Gasteiger partial charge is 0.383 e. The first-order valence-electron chi connectivity index (χ1n) is 7.20. The molecule has 5 heteroatoms. The van der Waals surface area contributed by atoms with E-state index in [4.69, 9.17) is 11.5 Å². The molecule has 20 heavy (non-hydrogen) atoms. The molecule has 0 bridgehead atoms. The molecule has 106 valence electrons. The fourth-order valence-corrected chi connectivity index (χ4v) is 2.80. The van der Waals surface area contributed by atoms with E-state index in [1.165, 1.54) is 12.8 Å². The summed E-state index contributed by atoms with van der Waals surface area (Å²) in [6.45, 7) is 3.70. The molecule has 0 unspecified atom stereocenters. The molecule has 0 amide bonds. The predicted octanol–water partition coefficient (Wildman–Crippen LogP) is 1.38. The van der Waals surface area contributed by atoms with Crippen LogP contribution in [0.1, 0.15) is 18.7 Å². The number of nitrogen functional groups attached to an aromatic ring is 1. The minimum Gasteiger partial charge on any atom is -0.383 e. The van der Waals surface area contributed by atoms with Crippen LogP contribution in [0.5, 0.6) is 0 Å². The van der Waals surface area contributed by atoms with Crippen LogP contribution in [0.3, 0.4) is 0 Å². The third kappa shape index (κ3) is 2.73. The second-order valence-electron chi connectivity index (χ2n) is 5.50. The number of hydrogen-bond acceptors (Lipinski definition) is 5. The van der Waals surface area contributed by atoms with Gasteiger partial charge in [-0.3, -0.25) is 4.90 Å². The van der Waals surface area contributed by atoms with Crippen LogP contribution in [0.15, 0.2) is 24.3 Å². The van der Waals surface area contributed by atoms with Crippen LogP contribution < -0.4 is 11.5 Å². The number of fused-ring (bicyclic) bond motifs is 1. The molecule has 1 aliphatic heterocycles. The quantitative estimate of drug-likeness (QED) is 0.881. The van der Waals surface area contributed by atoms with E-state index in [-0.39, 0.29) is 0 Å². The molecule has 0 radical (unpaired) electrons. The van der Waals surface area contributed by atoms with Crippen LogP contribution in [0.25, 0.3) is 10.9 Å². The Balaban J connectivity index is 1.75. The molecule has 1 aromatic carbocycles. The molecule has 0 aliphatic carbocycles. The number of piperidine rings is 1. The zero-order chi connectivity index (χ0) is 13.9. The Labute approximate surface area is 119 Å². The summed E-state index contributed by atoms with van der Waals surface area (Å²) in [7, 11) is 0. The van der Waals surface area contributed by atoms with Gasteiger partial charge in [-0.1, -0.05) is 12.1 Å². The third-order valence-corrected chi connectivity index (χ3v) is 4.08. The van der Waals surface area contributed by atoms with Crippen LogP contribution in [-0.2, 0) is 6.54 Å². The lowest BCUT2D eigenvalue weighted by Crippen LogP contribution is -2.36. The van der Waals surface area contributed by atoms with E-state index in [1.807, 2.05) is 24.3 Å². The van der Waals surface area contributed by atoms with Gasteiger partial charge in [0.2, 0.25) is 0 Å². The number of likely N-dealkylation sites (tertiary alicyclic amines) is 1. The Morgan fingerprint density at radius 3 is 2.65 bits per heavy atom. The molecule has 2 aromatic rings. The van der Waals surface area contributed by atoms with Gasteiger partial charge in [0.05, 0.1) is 12.1 Å². The first kappa shape index (κ1) is 13.3. The van der Waals surface area contributed by atoms with Gasteiger partial charge in [-0.05, 0) is 50.5 Å². The van der Waals surface area contributed by atoms with Gasteiger partial charge in [0.25, 0.3) is 0 Å². The van der Waals surface area contributed by atoms with Gasteiger partial charge in [0.1, 0.15) is 11.6 Å². The number of anilines is 1. The minimum absolute atomic E-state index is 0.572. The Hall–Kier alpha value is -1.72. The number of para-hydroxylation sites is 1. The van der Waals surface area contributed by atoms with Gasteiger partial charge in [-0.2, -0.15) is 0 Å². The van der Waals surface area contributed by atoms with Crippen LogP contribution in [0.4, 0.5) is 5.82 Å². The molecule has 1 aromatic heterocycles. The standard InChI is InChI=1S/C15H21N5/c16-9-11-5-7-20(8-6-11)10-14-18-13-4-2-1-3-12(13)15(17)19-14/h1-4,11H,5-10,16H2,(H2,17,18,19). The normalized spacial score (nSPS) is 17.6. The number of rotatable bonds is 3. The number of hydrogen-bond donors (Lipinski definition) is 2. The lowest BCUT2D eigenvalue weighted by molar-refractivity contribution is 0.177. The van der Waals surface area contributed by atoms with Crippen molar-refractivity contribution in [2.75, 3.05) is 25.4 Å². The third-order valence-electron chi connectivity index (χ3n) is 4.08. The maximum atomic E-state index is 6.02. The monoisotopic (exact) mass is 271 g/mol. The van der Waals surface area contributed by atoms with E-state index in [9.17, 15) is 0 Å². The Morgan fingerprint density at radius 2 is 1.90 bits per heavy atom. The Kier molecular flexibility index (Phi) is 3.80. The molecule has 0 saturated carbocycles. The van der Waals surface area contributed by atoms with E-state index in [2.05, 4.69) is 14.9 Å². The van der Waals surface area contributed by atoms with Gasteiger partial charge in [-0.25, -0.2) is 9.97 Å². The average molecular weight is 271 g/mol. The zero-order valence-electron chi connectivity index (χ0n) is 11.6. The zero-order valence-corrected chi connectivity index (χ0v) is 11.6. The maximum absolute atomic E-state index is 6.02. The number of nitrogens with two attached hydrogens (primary N) is 2. The average Bonchev–Trinajstić information content (AvgIpc) is 2.48. The lowest BCUT2D eigenvalue weighted by Gasteiger charge is -2.30. The fourth-order valence-electron chi connectivity index (χ4n) is 2.80. The highest BCUT2D eigenvalue weighted by Crippen LogP contribution is 2.20. The van der Waals surface area contributed by atoms with Crippen molar-refractivity contribution in [1.29, 1.82) is 0 Å². The molecular weight excluding hydrogens is 250 g/mol. The van der Waals surface area contributed by atoms with Crippen molar-refractivity contribution >= 4 is 16.7 Å². The highest BCUT2D eigenvalue weighted by molar-refractivity contribution is 5.87. The van der Waals surface area contributed by atoms with Crippen LogP contribution in [-0.4, -0.2) is 34.5 Å². The van der Waals surface area contributed by atoms with Crippen LogP contribution in [0.2, 0.25) is 0 Å². The maximum Gasteiger partial charge on any atom is 0.145 e. The van der Waals surface area contributed by atoms with Crippen molar-refractivity contribution in [2.24, 2.45) is 11.7 Å². The molecule has 1 aliphatic rings. The molecular formula is C15H21N5. The molecule has 1 fully saturated rings. The van der Waals surface area contributed by atoms with Gasteiger partial charge in [0, 0.05) is 5.39 Å². The Bertz CT molecular complexity index is 590. The fraction of sp³-hybridized carbons (Fsp3) is 0.467. The number of nitrogens with zero attached hydrogens (tertiary/aromatic N) is 3. The van der Waals surface area contributed by atoms with Crippen molar-refractivity contribution in [1.82, 2.24) is 14.9 Å². The van der Waals surface area contributed by atoms with Crippen LogP contribution >= 0.6 is 0 Å². The second kappa shape index (κ2) is 5.73. The second-order valence-corrected chi connectivity index (χ2v) is 5.50. The lowest BCUT2D eigenvalue weighted by atomic mass is 9.97. The van der Waals surface area contributed by atoms with E-state index < -0.39 is 0 Å². The highest BCUT2D eigenvalue weighted by Gasteiger charge is 2.19. The molecule has 3 rings (SSSR count). The van der Waals surface area contributed by atoms with Crippen molar-refractivity contribution in [3.05, 3.63) is 30.1 Å². The van der Waals surface area contributed by atoms with E-state index in [0.29, 0.717) is 11.7 Å². The SMILES string of the molecule is NCC1CCN(Cc2nc(N)c3ccccc3n2)CC1. The first-order valence-corrected chi connectivity index (χ1v) is 7.20. The highest BCUT2D eigenvalue weighted by atomic mass is 15.2. The molecule has 1 saturated heterocycles. The topological polar surface area (TPSA) is 81.1 Å². The molecule has 0 atom stereocenters. The minimum atomic E-state index is 0.572. The van der Waals surface area contributed by atoms with Crippen molar-refractivity contribution < 1.29 is 0 Å². The van der Waals surface area contributed by atoms with Gasteiger partial charge >= 0.3 is 0 Å². The van der Waals surface area contributed by atoms with Crippen molar-refractivity contribution in [3.8, 4) is 0 Å². The van der Waals surface area contributed by atoms with Crippen molar-refractivity contribution in [3.63, 3.8) is 0 Å². The molecule has 5 nitrogen and oxygen atoms in total. The van der Waals surface area contributed by atoms with Gasteiger partial charge in [0.15, 0.2) is 0 Å². The smallest absolute Gasteiger partial charge is 0.145 e.